The summed E-state index contributed by atoms with van der Waals surface area (Å²) in [6, 6.07) is 39.1. The first-order chi connectivity index (χ1) is 31.2. The molecule has 5 heteroatoms. The molecular weight excluding hydrogens is 864 g/mol. The van der Waals surface area contributed by atoms with E-state index in [1.165, 1.54) is 0 Å². The summed E-state index contributed by atoms with van der Waals surface area (Å²) in [6.45, 7) is 6.05. The van der Waals surface area contributed by atoms with E-state index in [-0.39, 0.29) is 49.0 Å². The quantitative estimate of drug-likeness (QED) is 0.149. The van der Waals surface area contributed by atoms with Crippen LogP contribution >= 0.6 is 0 Å². The van der Waals surface area contributed by atoms with E-state index in [1.54, 1.807) is 36.0 Å². The number of nitrogens with zero attached hydrogens (tertiary/aromatic N) is 4. The molecule has 0 amide bonds. The molecule has 2 aromatic heterocycles. The van der Waals surface area contributed by atoms with Crippen molar-refractivity contribution >= 4 is 44.6 Å². The summed E-state index contributed by atoms with van der Waals surface area (Å²) in [5.74, 6) is 0.786. The fourth-order valence-corrected chi connectivity index (χ4v) is 7.55. The largest absolute Gasteiger partial charge is 0.493 e. The van der Waals surface area contributed by atoms with Crippen molar-refractivity contribution in [2.24, 2.45) is 0 Å². The second kappa shape index (κ2) is 14.5. The Bertz CT molecular complexity index is 3280. The summed E-state index contributed by atoms with van der Waals surface area (Å²) < 4.78 is 89.1. The van der Waals surface area contributed by atoms with Crippen molar-refractivity contribution in [3.8, 4) is 28.1 Å². The molecule has 9 aromatic rings. The fourth-order valence-electron chi connectivity index (χ4n) is 7.55. The summed E-state index contributed by atoms with van der Waals surface area (Å²) in [5, 5.41) is 2.15. The van der Waals surface area contributed by atoms with Gasteiger partial charge in [0.2, 0.25) is 0 Å². The van der Waals surface area contributed by atoms with E-state index >= 15 is 0 Å². The van der Waals surface area contributed by atoms with E-state index in [2.05, 4.69) is 54.8 Å². The Morgan fingerprint density at radius 1 is 0.589 bits per heavy atom. The summed E-state index contributed by atoms with van der Waals surface area (Å²) in [4.78, 5) is 8.41. The molecule has 0 atom stereocenters. The smallest absolute Gasteiger partial charge is 0.135 e. The van der Waals surface area contributed by atoms with Gasteiger partial charge in [0.1, 0.15) is 5.82 Å². The van der Waals surface area contributed by atoms with Gasteiger partial charge in [0.25, 0.3) is 0 Å². The van der Waals surface area contributed by atoms with Crippen molar-refractivity contribution in [3.63, 3.8) is 0 Å². The van der Waals surface area contributed by atoms with Crippen LogP contribution in [-0.4, -0.2) is 9.55 Å². The zero-order valence-corrected chi connectivity index (χ0v) is 32.5. The molecule has 1 aliphatic rings. The van der Waals surface area contributed by atoms with Crippen LogP contribution in [0.2, 0.25) is 0 Å². The van der Waals surface area contributed by atoms with E-state index in [9.17, 15) is 0 Å². The first-order valence-electron chi connectivity index (χ1n) is 22.9. The molecule has 4 nitrogen and oxygen atoms in total. The van der Waals surface area contributed by atoms with Gasteiger partial charge in [-0.25, -0.2) is 4.98 Å². The zero-order valence-electron chi connectivity index (χ0n) is 40.2. The van der Waals surface area contributed by atoms with Crippen LogP contribution in [0.5, 0.6) is 0 Å². The summed E-state index contributed by atoms with van der Waals surface area (Å²) in [6.07, 6.45) is 1.78. The molecule has 3 heterocycles. The summed E-state index contributed by atoms with van der Waals surface area (Å²) in [7, 11) is 0. The van der Waals surface area contributed by atoms with Crippen LogP contribution in [0.1, 0.15) is 38.7 Å². The molecule has 56 heavy (non-hydrogen) atoms. The number of hydrogen-bond donors (Lipinski definition) is 0. The van der Waals surface area contributed by atoms with Gasteiger partial charge in [-0.2, -0.15) is 53.6 Å². The van der Waals surface area contributed by atoms with E-state index in [1.807, 2.05) is 77.7 Å². The Morgan fingerprint density at radius 2 is 1.21 bits per heavy atom. The van der Waals surface area contributed by atoms with Gasteiger partial charge in [0.05, 0.1) is 13.7 Å². The van der Waals surface area contributed by atoms with Gasteiger partial charge >= 0.3 is 0 Å². The number of fused-ring (bicyclic) bond motifs is 4. The predicted molar refractivity (Wildman–Crippen MR) is 227 cm³/mol. The topological polar surface area (TPSA) is 24.3 Å². The second-order valence-electron chi connectivity index (χ2n) is 13.8. The van der Waals surface area contributed by atoms with E-state index in [0.717, 1.165) is 44.4 Å². The van der Waals surface area contributed by atoms with Gasteiger partial charge in [-0.05, 0) is 52.3 Å². The Labute approximate surface area is 356 Å². The van der Waals surface area contributed by atoms with E-state index in [0.29, 0.717) is 11.4 Å². The normalized spacial score (nSPS) is 15.0. The van der Waals surface area contributed by atoms with Crippen molar-refractivity contribution in [2.45, 2.75) is 19.3 Å². The Morgan fingerprint density at radius 3 is 1.91 bits per heavy atom. The van der Waals surface area contributed by atoms with Crippen molar-refractivity contribution in [1.29, 1.82) is 0 Å². The average Bonchev–Trinajstić information content (AvgIpc) is 3.88. The second-order valence-corrected chi connectivity index (χ2v) is 13.8. The van der Waals surface area contributed by atoms with Crippen molar-refractivity contribution in [1.82, 2.24) is 9.55 Å². The van der Waals surface area contributed by atoms with Crippen LogP contribution in [0.25, 0.3) is 49.9 Å². The molecule has 1 aliphatic heterocycles. The maximum Gasteiger partial charge on any atom is 0.135 e. The monoisotopic (exact) mass is 910 g/mol. The van der Waals surface area contributed by atoms with Gasteiger partial charge in [0.15, 0.2) is 0 Å². The average molecular weight is 911 g/mol. The molecule has 0 spiro atoms. The van der Waals surface area contributed by atoms with Gasteiger partial charge < -0.3 is 14.4 Å². The molecular formula is C51H37N4Pt-3. The van der Waals surface area contributed by atoms with Crippen LogP contribution in [0.3, 0.4) is 0 Å². The van der Waals surface area contributed by atoms with Crippen LogP contribution < -0.4 is 9.80 Å². The number of anilines is 4. The van der Waals surface area contributed by atoms with Gasteiger partial charge in [-0.15, -0.1) is 17.7 Å². The van der Waals surface area contributed by atoms with Gasteiger partial charge in [-0.3, -0.25) is 0 Å². The van der Waals surface area contributed by atoms with Crippen molar-refractivity contribution < 1.29 is 34.8 Å². The third kappa shape index (κ3) is 5.93. The van der Waals surface area contributed by atoms with Crippen LogP contribution in [0, 0.1) is 18.8 Å². The maximum atomic E-state index is 9.01. The van der Waals surface area contributed by atoms with E-state index < -0.39 is 65.8 Å². The number of benzene rings is 7. The Kier molecular flexibility index (Phi) is 6.65. The maximum absolute atomic E-state index is 9.01. The molecule has 0 saturated carbocycles. The predicted octanol–water partition coefficient (Wildman–Crippen LogP) is 12.8. The summed E-state index contributed by atoms with van der Waals surface area (Å²) >= 11 is 0. The number of aromatic nitrogens is 2. The molecule has 0 bridgehead atoms. The number of pyridine rings is 1. The van der Waals surface area contributed by atoms with Crippen LogP contribution in [-0.2, 0) is 26.5 Å². The molecule has 0 saturated heterocycles. The molecule has 0 radical (unpaired) electrons. The zero-order chi connectivity index (χ0) is 45.6. The minimum Gasteiger partial charge on any atom is -0.493 e. The van der Waals surface area contributed by atoms with Gasteiger partial charge in [0, 0.05) is 61.0 Å². The first-order valence-corrected chi connectivity index (χ1v) is 17.9. The standard InChI is InChI=1S/C51H37N4.Pt/c1-51(2,39-30-31-44-43-23-9-10-26-45(43)55(48(44)34-39)49-29-13-14-32-52-49)38-21-15-22-40(33-38)53-35-54(47-28-12-11-27-46(47)53)50-41(36-17-5-3-6-18-36)24-16-25-42(50)37-19-7-4-8-20-37;/h3-32,35H,1-2H3;/q-3;/i3D,4D,5D,6D,7D,8D,17D,18D,19D,20D;. The number of rotatable bonds is 7. The minimum atomic E-state index is -0.615. The fraction of sp³-hybridized carbons (Fsp3) is 0.0588. The van der Waals surface area contributed by atoms with Crippen LogP contribution in [0.4, 0.5) is 22.7 Å². The van der Waals surface area contributed by atoms with Gasteiger partial charge in [-0.1, -0.05) is 134 Å². The molecule has 7 aromatic carbocycles. The Hall–Kier alpha value is -6.22. The SMILES string of the molecule is [2H]c1c([2H])c([2H])c(-c2cccc(-c3c([2H])c([2H])c([2H])c([2H])c3[2H])c2N2[CH-]N(c3[c-]c(C(C)(C)c4[c-]c5c(cc4)c4ccccc4n5-c4ccccn4)ccc3)c3ccccc32)c([2H])c1[2H].[Pt]. The molecule has 0 N–H and O–H groups in total. The minimum absolute atomic E-state index is 0. The van der Waals surface area contributed by atoms with E-state index in [4.69, 9.17) is 18.7 Å². The van der Waals surface area contributed by atoms with Crippen LogP contribution in [0.15, 0.2) is 182 Å². The van der Waals surface area contributed by atoms with Crippen molar-refractivity contribution in [2.75, 3.05) is 9.80 Å². The summed E-state index contributed by atoms with van der Waals surface area (Å²) in [5.41, 5.74) is 5.57. The number of para-hydroxylation sites is 4. The molecule has 0 aliphatic carbocycles. The molecule has 0 fully saturated rings. The molecule has 0 unspecified atom stereocenters. The molecule has 274 valence electrons. The Balaban J connectivity index is 0.00000548. The first kappa shape index (κ1) is 25.8. The molecule has 10 rings (SSSR count). The number of hydrogen-bond acceptors (Lipinski definition) is 3. The van der Waals surface area contributed by atoms with Crippen molar-refractivity contribution in [3.05, 3.63) is 212 Å². The third-order valence-electron chi connectivity index (χ3n) is 10.3. The third-order valence-corrected chi connectivity index (χ3v) is 10.3.